The Morgan fingerprint density at radius 1 is 0.962 bits per heavy atom. The molecule has 0 unspecified atom stereocenters. The highest BCUT2D eigenvalue weighted by molar-refractivity contribution is 5.45. The largest absolute Gasteiger partial charge is 0.376 e. The highest BCUT2D eigenvalue weighted by Gasteiger charge is 2.35. The van der Waals surface area contributed by atoms with Crippen LogP contribution in [0, 0.1) is 0 Å². The molecule has 0 radical (unpaired) electrons. The van der Waals surface area contributed by atoms with Crippen molar-refractivity contribution in [1.29, 1.82) is 0 Å². The molecular weight excluding hydrogens is 330 g/mol. The number of ether oxygens (including phenoxy) is 1. The number of hydrogen-bond acceptors (Lipinski definition) is 8. The van der Waals surface area contributed by atoms with Crippen molar-refractivity contribution >= 4 is 11.8 Å². The summed E-state index contributed by atoms with van der Waals surface area (Å²) < 4.78 is 5.54. The van der Waals surface area contributed by atoms with E-state index < -0.39 is 0 Å². The van der Waals surface area contributed by atoms with Crippen LogP contribution in [-0.2, 0) is 17.8 Å². The van der Waals surface area contributed by atoms with E-state index in [2.05, 4.69) is 40.9 Å². The first-order valence-electron chi connectivity index (χ1n) is 9.31. The summed E-state index contributed by atoms with van der Waals surface area (Å²) in [6.45, 7) is 7.55. The number of anilines is 2. The quantitative estimate of drug-likeness (QED) is 0.783. The maximum Gasteiger partial charge on any atom is 0.225 e. The maximum atomic E-state index is 5.54. The Kier molecular flexibility index (Phi) is 4.14. The summed E-state index contributed by atoms with van der Waals surface area (Å²) in [6.07, 6.45) is 4.49. The number of piperazine rings is 1. The molecule has 8 nitrogen and oxygen atoms in total. The Labute approximate surface area is 152 Å². The van der Waals surface area contributed by atoms with Gasteiger partial charge in [0.05, 0.1) is 18.9 Å². The fourth-order valence-corrected chi connectivity index (χ4v) is 3.90. The van der Waals surface area contributed by atoms with Crippen LogP contribution in [0.15, 0.2) is 24.5 Å². The van der Waals surface area contributed by atoms with Crippen LogP contribution < -0.4 is 9.80 Å². The highest BCUT2D eigenvalue weighted by Crippen LogP contribution is 2.25. The van der Waals surface area contributed by atoms with Gasteiger partial charge in [-0.2, -0.15) is 5.10 Å². The van der Waals surface area contributed by atoms with Crippen LogP contribution in [0.25, 0.3) is 0 Å². The van der Waals surface area contributed by atoms with Gasteiger partial charge >= 0.3 is 0 Å². The molecule has 0 spiro atoms. The van der Waals surface area contributed by atoms with Crippen molar-refractivity contribution in [2.24, 2.45) is 0 Å². The molecule has 2 fully saturated rings. The molecule has 8 heteroatoms. The third kappa shape index (κ3) is 2.99. The first-order chi connectivity index (χ1) is 12.9. The Balaban J connectivity index is 1.15. The zero-order valence-electron chi connectivity index (χ0n) is 14.8. The van der Waals surface area contributed by atoms with Gasteiger partial charge in [-0.15, -0.1) is 5.10 Å². The molecule has 0 aromatic carbocycles. The summed E-state index contributed by atoms with van der Waals surface area (Å²) in [7, 11) is 0. The van der Waals surface area contributed by atoms with Gasteiger partial charge in [0.25, 0.3) is 0 Å². The number of aromatic nitrogens is 4. The molecule has 136 valence electrons. The molecule has 0 N–H and O–H groups in total. The second-order valence-corrected chi connectivity index (χ2v) is 7.11. The van der Waals surface area contributed by atoms with Gasteiger partial charge < -0.3 is 14.5 Å². The van der Waals surface area contributed by atoms with Crippen LogP contribution >= 0.6 is 0 Å². The smallest absolute Gasteiger partial charge is 0.225 e. The first-order valence-corrected chi connectivity index (χ1v) is 9.31. The fraction of sp³-hybridized carbons (Fsp3) is 0.556. The number of nitrogens with zero attached hydrogens (tertiary/aromatic N) is 7. The van der Waals surface area contributed by atoms with Crippen molar-refractivity contribution in [2.45, 2.75) is 19.1 Å². The summed E-state index contributed by atoms with van der Waals surface area (Å²) in [5.41, 5.74) is 2.29. The van der Waals surface area contributed by atoms with Crippen LogP contribution in [0.4, 0.5) is 11.8 Å². The lowest BCUT2D eigenvalue weighted by molar-refractivity contribution is 0.108. The van der Waals surface area contributed by atoms with E-state index in [1.165, 1.54) is 5.56 Å². The minimum absolute atomic E-state index is 0.600. The molecule has 0 atom stereocenters. The Hall–Kier alpha value is -2.32. The van der Waals surface area contributed by atoms with Crippen molar-refractivity contribution in [3.8, 4) is 0 Å². The van der Waals surface area contributed by atoms with E-state index in [9.17, 15) is 0 Å². The van der Waals surface area contributed by atoms with Crippen molar-refractivity contribution < 1.29 is 4.74 Å². The standard InChI is InChI=1S/C18H23N7O/c1-3-19-18(20-4-1)24-7-5-23(6-8-24)15-11-25(12-15)17-10-14-13-26-9-2-16(14)21-22-17/h1,3-4,10,15H,2,5-9,11-13H2. The van der Waals surface area contributed by atoms with E-state index >= 15 is 0 Å². The molecule has 2 saturated heterocycles. The summed E-state index contributed by atoms with van der Waals surface area (Å²) in [6, 6.07) is 4.61. The molecule has 26 heavy (non-hydrogen) atoms. The molecule has 0 aliphatic carbocycles. The predicted octanol–water partition coefficient (Wildman–Crippen LogP) is 0.350. The minimum Gasteiger partial charge on any atom is -0.376 e. The molecule has 0 amide bonds. The lowest BCUT2D eigenvalue weighted by atomic mass is 10.0. The normalized spacial score (nSPS) is 21.4. The zero-order valence-corrected chi connectivity index (χ0v) is 14.8. The van der Waals surface area contributed by atoms with Crippen LogP contribution in [0.3, 0.4) is 0 Å². The summed E-state index contributed by atoms with van der Waals surface area (Å²) in [5, 5.41) is 8.82. The van der Waals surface area contributed by atoms with Crippen molar-refractivity contribution in [1.82, 2.24) is 25.1 Å². The van der Waals surface area contributed by atoms with Crippen molar-refractivity contribution in [2.75, 3.05) is 55.7 Å². The fourth-order valence-electron chi connectivity index (χ4n) is 3.90. The van der Waals surface area contributed by atoms with Gasteiger partial charge in [0.1, 0.15) is 0 Å². The van der Waals surface area contributed by atoms with Gasteiger partial charge in [0.15, 0.2) is 5.82 Å². The molecule has 0 bridgehead atoms. The van der Waals surface area contributed by atoms with Gasteiger partial charge in [-0.25, -0.2) is 9.97 Å². The van der Waals surface area contributed by atoms with E-state index in [0.717, 1.165) is 69.8 Å². The van der Waals surface area contributed by atoms with E-state index in [-0.39, 0.29) is 0 Å². The second kappa shape index (κ2) is 6.77. The average Bonchev–Trinajstić information content (AvgIpc) is 2.68. The van der Waals surface area contributed by atoms with Gasteiger partial charge in [0.2, 0.25) is 5.95 Å². The third-order valence-electron chi connectivity index (χ3n) is 5.54. The van der Waals surface area contributed by atoms with Crippen molar-refractivity contribution in [3.05, 3.63) is 35.8 Å². The summed E-state index contributed by atoms with van der Waals surface area (Å²) >= 11 is 0. The Morgan fingerprint density at radius 2 is 1.77 bits per heavy atom. The van der Waals surface area contributed by atoms with Gasteiger partial charge in [-0.1, -0.05) is 0 Å². The SMILES string of the molecule is c1cnc(N2CCN(C3CN(c4cc5c(nn4)CCOC5)C3)CC2)nc1. The maximum absolute atomic E-state index is 5.54. The highest BCUT2D eigenvalue weighted by atomic mass is 16.5. The molecule has 5 heterocycles. The third-order valence-corrected chi connectivity index (χ3v) is 5.54. The van der Waals surface area contributed by atoms with Crippen LogP contribution in [0.2, 0.25) is 0 Å². The average molecular weight is 353 g/mol. The van der Waals surface area contributed by atoms with E-state index in [1.807, 2.05) is 18.5 Å². The van der Waals surface area contributed by atoms with E-state index in [4.69, 9.17) is 4.74 Å². The predicted molar refractivity (Wildman–Crippen MR) is 97.2 cm³/mol. The molecule has 2 aromatic heterocycles. The topological polar surface area (TPSA) is 70.5 Å². The van der Waals surface area contributed by atoms with Gasteiger partial charge in [-0.3, -0.25) is 4.90 Å². The van der Waals surface area contributed by atoms with Gasteiger partial charge in [0, 0.05) is 69.7 Å². The van der Waals surface area contributed by atoms with Crippen LogP contribution in [-0.4, -0.2) is 77.0 Å². The molecule has 3 aliphatic heterocycles. The summed E-state index contributed by atoms with van der Waals surface area (Å²) in [4.78, 5) is 15.9. The first kappa shape index (κ1) is 15.9. The molecular formula is C18H23N7O. The zero-order chi connectivity index (χ0) is 17.3. The summed E-state index contributed by atoms with van der Waals surface area (Å²) in [5.74, 6) is 1.83. The van der Waals surface area contributed by atoms with E-state index in [0.29, 0.717) is 12.6 Å². The number of hydrogen-bond donors (Lipinski definition) is 0. The lowest BCUT2D eigenvalue weighted by Crippen LogP contribution is -2.63. The Morgan fingerprint density at radius 3 is 2.58 bits per heavy atom. The monoisotopic (exact) mass is 353 g/mol. The lowest BCUT2D eigenvalue weighted by Gasteiger charge is -2.48. The number of rotatable bonds is 3. The van der Waals surface area contributed by atoms with Crippen molar-refractivity contribution in [3.63, 3.8) is 0 Å². The molecule has 2 aromatic rings. The van der Waals surface area contributed by atoms with Gasteiger partial charge in [-0.05, 0) is 12.1 Å². The molecule has 3 aliphatic rings. The molecule has 5 rings (SSSR count). The minimum atomic E-state index is 0.600. The molecule has 0 saturated carbocycles. The Bertz CT molecular complexity index is 757. The number of fused-ring (bicyclic) bond motifs is 1. The van der Waals surface area contributed by atoms with E-state index in [1.54, 1.807) is 0 Å². The van der Waals surface area contributed by atoms with Crippen LogP contribution in [0.5, 0.6) is 0 Å². The van der Waals surface area contributed by atoms with Crippen LogP contribution in [0.1, 0.15) is 11.3 Å². The second-order valence-electron chi connectivity index (χ2n) is 7.11.